The topological polar surface area (TPSA) is 79.9 Å². The zero-order valence-electron chi connectivity index (χ0n) is 15.0. The molecule has 2 fully saturated rings. The fourth-order valence-electron chi connectivity index (χ4n) is 5.67. The van der Waals surface area contributed by atoms with Crippen molar-refractivity contribution in [3.05, 3.63) is 64.7 Å². The van der Waals surface area contributed by atoms with Gasteiger partial charge in [0.05, 0.1) is 18.2 Å². The summed E-state index contributed by atoms with van der Waals surface area (Å²) in [6.07, 6.45) is 1.63. The number of nitrogens with one attached hydrogen (secondary N) is 1. The summed E-state index contributed by atoms with van der Waals surface area (Å²) in [6.45, 7) is 0.750. The number of anilines is 1. The van der Waals surface area contributed by atoms with Crippen LogP contribution in [0.25, 0.3) is 0 Å². The minimum Gasteiger partial charge on any atom is -0.325 e. The molecule has 28 heavy (non-hydrogen) atoms. The van der Waals surface area contributed by atoms with Crippen LogP contribution in [0.15, 0.2) is 48.5 Å². The molecule has 138 valence electrons. The van der Waals surface area contributed by atoms with E-state index in [-0.39, 0.29) is 11.9 Å². The van der Waals surface area contributed by atoms with Crippen LogP contribution in [0.5, 0.6) is 0 Å². The number of fused-ring (bicyclic) bond motifs is 3. The monoisotopic (exact) mass is 388 g/mol. The molecule has 0 saturated carbocycles. The molecule has 2 aromatic carbocycles. The number of halogens is 1. The summed E-state index contributed by atoms with van der Waals surface area (Å²) in [6, 6.07) is 18.8. The lowest BCUT2D eigenvalue weighted by Gasteiger charge is -2.37. The Kier molecular flexibility index (Phi) is 3.58. The van der Waals surface area contributed by atoms with Crippen molar-refractivity contribution < 1.29 is 4.79 Å². The molecule has 0 radical (unpaired) electrons. The van der Waals surface area contributed by atoms with Gasteiger partial charge < -0.3 is 5.32 Å². The zero-order chi connectivity index (χ0) is 19.5. The largest absolute Gasteiger partial charge is 0.325 e. The maximum atomic E-state index is 13.6. The zero-order valence-corrected chi connectivity index (χ0v) is 15.8. The maximum absolute atomic E-state index is 13.6. The van der Waals surface area contributed by atoms with Gasteiger partial charge in [0.15, 0.2) is 5.41 Å². The van der Waals surface area contributed by atoms with Crippen LogP contribution in [0.4, 0.5) is 5.69 Å². The van der Waals surface area contributed by atoms with Crippen LogP contribution in [0.1, 0.15) is 30.0 Å². The Morgan fingerprint density at radius 2 is 1.82 bits per heavy atom. The van der Waals surface area contributed by atoms with Crippen LogP contribution in [0.3, 0.4) is 0 Å². The van der Waals surface area contributed by atoms with Crippen LogP contribution < -0.4 is 5.32 Å². The number of benzene rings is 2. The lowest BCUT2D eigenvalue weighted by Crippen LogP contribution is -2.51. The molecule has 0 aromatic heterocycles. The summed E-state index contributed by atoms with van der Waals surface area (Å²) in [7, 11) is 0. The van der Waals surface area contributed by atoms with Gasteiger partial charge in [-0.05, 0) is 48.7 Å². The van der Waals surface area contributed by atoms with E-state index in [2.05, 4.69) is 22.4 Å². The van der Waals surface area contributed by atoms with Gasteiger partial charge in [-0.3, -0.25) is 9.69 Å². The number of carbonyl (C=O) groups excluding carboxylic acids is 1. The third-order valence-corrected chi connectivity index (χ3v) is 6.91. The first kappa shape index (κ1) is 17.3. The summed E-state index contributed by atoms with van der Waals surface area (Å²) in [4.78, 5) is 15.8. The van der Waals surface area contributed by atoms with Crippen molar-refractivity contribution in [3.63, 3.8) is 0 Å². The number of nitriles is 2. The number of para-hydroxylation sites is 1. The molecule has 6 heteroatoms. The summed E-state index contributed by atoms with van der Waals surface area (Å²) in [5, 5.41) is 24.3. The van der Waals surface area contributed by atoms with Crippen molar-refractivity contribution in [2.75, 3.05) is 11.9 Å². The Labute approximate surface area is 168 Å². The quantitative estimate of drug-likeness (QED) is 0.806. The van der Waals surface area contributed by atoms with E-state index in [1.807, 2.05) is 36.4 Å². The minimum absolute atomic E-state index is 0.272. The first-order valence-electron chi connectivity index (χ1n) is 9.35. The average Bonchev–Trinajstić information content (AvgIpc) is 3.36. The number of carbonyl (C=O) groups is 1. The SMILES string of the molecule is N#CC1(C#N)[C@@H]2CCCN2[C@@H](c2ccc(Cl)cc2)[C@@]12C(=O)Nc1ccccc12. The van der Waals surface area contributed by atoms with Gasteiger partial charge in [0, 0.05) is 16.8 Å². The van der Waals surface area contributed by atoms with Crippen LogP contribution in [-0.2, 0) is 10.2 Å². The molecule has 3 heterocycles. The van der Waals surface area contributed by atoms with Crippen molar-refractivity contribution in [2.45, 2.75) is 30.3 Å². The molecule has 0 aliphatic carbocycles. The molecular weight excluding hydrogens is 372 g/mol. The van der Waals surface area contributed by atoms with E-state index in [9.17, 15) is 15.3 Å². The van der Waals surface area contributed by atoms with Crippen LogP contribution in [0, 0.1) is 28.1 Å². The Morgan fingerprint density at radius 1 is 1.11 bits per heavy atom. The van der Waals surface area contributed by atoms with Gasteiger partial charge in [0.1, 0.15) is 5.41 Å². The average molecular weight is 389 g/mol. The molecule has 0 unspecified atom stereocenters. The van der Waals surface area contributed by atoms with Gasteiger partial charge in [-0.25, -0.2) is 0 Å². The normalized spacial score (nSPS) is 29.8. The van der Waals surface area contributed by atoms with Gasteiger partial charge in [0.2, 0.25) is 5.91 Å². The lowest BCUT2D eigenvalue weighted by molar-refractivity contribution is -0.123. The van der Waals surface area contributed by atoms with E-state index >= 15 is 0 Å². The van der Waals surface area contributed by atoms with Crippen LogP contribution in [-0.4, -0.2) is 23.4 Å². The van der Waals surface area contributed by atoms with Crippen LogP contribution in [0.2, 0.25) is 5.02 Å². The molecule has 5 nitrogen and oxygen atoms in total. The number of rotatable bonds is 1. The second kappa shape index (κ2) is 5.82. The van der Waals surface area contributed by atoms with E-state index in [0.29, 0.717) is 10.7 Å². The highest BCUT2D eigenvalue weighted by Gasteiger charge is 2.76. The van der Waals surface area contributed by atoms with E-state index in [1.165, 1.54) is 0 Å². The molecule has 2 saturated heterocycles. The van der Waals surface area contributed by atoms with Gasteiger partial charge in [-0.1, -0.05) is 41.9 Å². The van der Waals surface area contributed by atoms with Crippen molar-refractivity contribution >= 4 is 23.2 Å². The summed E-state index contributed by atoms with van der Waals surface area (Å²) in [5.74, 6) is -0.272. The second-order valence-electron chi connectivity index (χ2n) is 7.69. The number of amides is 1. The fourth-order valence-corrected chi connectivity index (χ4v) is 5.80. The smallest absolute Gasteiger partial charge is 0.239 e. The second-order valence-corrected chi connectivity index (χ2v) is 8.13. The standard InChI is InChI=1S/C22H17ClN4O/c23-15-9-7-14(8-10-15)19-22(16-4-1-2-5-17(16)26-20(22)28)21(12-24,13-25)18-6-3-11-27(18)19/h1-2,4-5,7-10,18-19H,3,6,11H2,(H,26,28)/t18-,19-,22-/m0/s1. The summed E-state index contributed by atoms with van der Waals surface area (Å²) in [5.41, 5.74) is -0.438. The predicted molar refractivity (Wildman–Crippen MR) is 104 cm³/mol. The molecule has 0 bridgehead atoms. The molecular formula is C22H17ClN4O. The van der Waals surface area contributed by atoms with E-state index < -0.39 is 16.9 Å². The van der Waals surface area contributed by atoms with Crippen LogP contribution >= 0.6 is 11.6 Å². The van der Waals surface area contributed by atoms with Gasteiger partial charge in [-0.2, -0.15) is 10.5 Å². The van der Waals surface area contributed by atoms with Crippen molar-refractivity contribution in [3.8, 4) is 12.1 Å². The number of nitrogens with zero attached hydrogens (tertiary/aromatic N) is 3. The first-order valence-corrected chi connectivity index (χ1v) is 9.72. The molecule has 1 N–H and O–H groups in total. The molecule has 1 amide bonds. The summed E-state index contributed by atoms with van der Waals surface area (Å²) < 4.78 is 0. The highest BCUT2D eigenvalue weighted by atomic mass is 35.5. The van der Waals surface area contributed by atoms with Crippen molar-refractivity contribution in [2.24, 2.45) is 5.41 Å². The minimum atomic E-state index is -1.47. The van der Waals surface area contributed by atoms with Crippen molar-refractivity contribution in [1.82, 2.24) is 4.90 Å². The molecule has 2 aromatic rings. The van der Waals surface area contributed by atoms with Crippen molar-refractivity contribution in [1.29, 1.82) is 10.5 Å². The van der Waals surface area contributed by atoms with Gasteiger partial charge in [-0.15, -0.1) is 0 Å². The Hall–Kier alpha value is -2.86. The lowest BCUT2D eigenvalue weighted by atomic mass is 9.57. The Bertz CT molecular complexity index is 1050. The predicted octanol–water partition coefficient (Wildman–Crippen LogP) is 3.78. The number of hydrogen-bond acceptors (Lipinski definition) is 4. The Morgan fingerprint density at radius 3 is 2.54 bits per heavy atom. The highest BCUT2D eigenvalue weighted by Crippen LogP contribution is 2.66. The molecule has 3 aliphatic heterocycles. The Balaban J connectivity index is 1.87. The molecule has 3 aliphatic rings. The third kappa shape index (κ3) is 1.81. The van der Waals surface area contributed by atoms with Gasteiger partial charge >= 0.3 is 0 Å². The highest BCUT2D eigenvalue weighted by molar-refractivity contribution is 6.30. The number of hydrogen-bond donors (Lipinski definition) is 1. The molecule has 1 spiro atoms. The molecule has 5 rings (SSSR count). The summed E-state index contributed by atoms with van der Waals surface area (Å²) >= 11 is 6.10. The first-order chi connectivity index (χ1) is 13.6. The molecule has 3 atom stereocenters. The fraction of sp³-hybridized carbons (Fsp3) is 0.318. The van der Waals surface area contributed by atoms with E-state index in [0.717, 1.165) is 30.5 Å². The van der Waals surface area contributed by atoms with E-state index in [1.54, 1.807) is 12.1 Å². The third-order valence-electron chi connectivity index (χ3n) is 6.65. The van der Waals surface area contributed by atoms with E-state index in [4.69, 9.17) is 11.6 Å². The maximum Gasteiger partial charge on any atom is 0.239 e. The van der Waals surface area contributed by atoms with Gasteiger partial charge in [0.25, 0.3) is 0 Å².